The number of aryl methyl sites for hydroxylation is 1. The maximum absolute atomic E-state index is 8.87. The predicted molar refractivity (Wildman–Crippen MR) is 74.2 cm³/mol. The van der Waals surface area contributed by atoms with Gasteiger partial charge in [-0.3, -0.25) is 4.68 Å². The third-order valence-electron chi connectivity index (χ3n) is 2.48. The number of anilines is 1. The second-order valence-corrected chi connectivity index (χ2v) is 4.81. The highest BCUT2D eigenvalue weighted by Crippen LogP contribution is 2.19. The highest BCUT2D eigenvalue weighted by atomic mass is 79.9. The van der Waals surface area contributed by atoms with E-state index in [9.17, 15) is 0 Å². The number of nitrogens with zero attached hydrogens (tertiary/aromatic N) is 3. The van der Waals surface area contributed by atoms with Gasteiger partial charge in [0.05, 0.1) is 11.6 Å². The zero-order valence-electron chi connectivity index (χ0n) is 9.81. The molecule has 0 radical (unpaired) electrons. The second-order valence-electron chi connectivity index (χ2n) is 3.89. The van der Waals surface area contributed by atoms with Crippen LogP contribution in [0, 0.1) is 11.3 Å². The minimum absolute atomic E-state index is 0.652. The van der Waals surface area contributed by atoms with Gasteiger partial charge in [0.15, 0.2) is 0 Å². The van der Waals surface area contributed by atoms with Crippen molar-refractivity contribution in [1.82, 2.24) is 9.78 Å². The van der Waals surface area contributed by atoms with E-state index < -0.39 is 0 Å². The van der Waals surface area contributed by atoms with Crippen LogP contribution >= 0.6 is 15.9 Å². The molecule has 5 heteroatoms. The number of halogens is 1. The van der Waals surface area contributed by atoms with Crippen LogP contribution in [0.4, 0.5) is 5.69 Å². The number of rotatable bonds is 5. The fourth-order valence-electron chi connectivity index (χ4n) is 1.66. The van der Waals surface area contributed by atoms with E-state index >= 15 is 0 Å². The minimum atomic E-state index is 0.652. The summed E-state index contributed by atoms with van der Waals surface area (Å²) in [5.41, 5.74) is 1.61. The molecule has 0 saturated carbocycles. The predicted octanol–water partition coefficient (Wildman–Crippen LogP) is 3.02. The summed E-state index contributed by atoms with van der Waals surface area (Å²) < 4.78 is 2.82. The summed E-state index contributed by atoms with van der Waals surface area (Å²) >= 11 is 3.39. The molecule has 0 unspecified atom stereocenters. The molecule has 0 amide bonds. The smallest absolute Gasteiger partial charge is 0.0992 e. The maximum Gasteiger partial charge on any atom is 0.0992 e. The molecule has 0 atom stereocenters. The Hall–Kier alpha value is -1.80. The van der Waals surface area contributed by atoms with Crippen molar-refractivity contribution in [3.63, 3.8) is 0 Å². The third kappa shape index (κ3) is 3.60. The Labute approximate surface area is 114 Å². The Kier molecular flexibility index (Phi) is 4.37. The molecule has 0 spiro atoms. The monoisotopic (exact) mass is 304 g/mol. The van der Waals surface area contributed by atoms with Gasteiger partial charge in [-0.05, 0) is 30.7 Å². The first-order valence-electron chi connectivity index (χ1n) is 5.70. The van der Waals surface area contributed by atoms with Crippen molar-refractivity contribution in [1.29, 1.82) is 5.26 Å². The molecule has 0 saturated heterocycles. The Morgan fingerprint density at radius 3 is 3.00 bits per heavy atom. The molecule has 0 aliphatic heterocycles. The molecule has 2 aromatic rings. The molecule has 0 aliphatic rings. The number of aromatic nitrogens is 2. The van der Waals surface area contributed by atoms with E-state index in [0.29, 0.717) is 5.56 Å². The zero-order chi connectivity index (χ0) is 12.8. The van der Waals surface area contributed by atoms with E-state index in [-0.39, 0.29) is 0 Å². The van der Waals surface area contributed by atoms with Crippen molar-refractivity contribution in [3.05, 3.63) is 46.7 Å². The van der Waals surface area contributed by atoms with Crippen molar-refractivity contribution in [3.8, 4) is 6.07 Å². The second kappa shape index (κ2) is 6.22. The van der Waals surface area contributed by atoms with Gasteiger partial charge in [-0.1, -0.05) is 15.9 Å². The largest absolute Gasteiger partial charge is 0.385 e. The summed E-state index contributed by atoms with van der Waals surface area (Å²) in [7, 11) is 0. The molecule has 0 bridgehead atoms. The fraction of sp³-hybridized carbons (Fsp3) is 0.231. The van der Waals surface area contributed by atoms with Crippen molar-refractivity contribution in [2.75, 3.05) is 11.9 Å². The molecule has 1 heterocycles. The van der Waals surface area contributed by atoms with Gasteiger partial charge in [0.25, 0.3) is 0 Å². The van der Waals surface area contributed by atoms with Gasteiger partial charge in [0.2, 0.25) is 0 Å². The van der Waals surface area contributed by atoms with Gasteiger partial charge in [0.1, 0.15) is 0 Å². The molecule has 1 N–H and O–H groups in total. The van der Waals surface area contributed by atoms with Crippen molar-refractivity contribution >= 4 is 21.6 Å². The van der Waals surface area contributed by atoms with Crippen LogP contribution in [0.5, 0.6) is 0 Å². The van der Waals surface area contributed by atoms with Gasteiger partial charge in [-0.15, -0.1) is 0 Å². The SMILES string of the molecule is N#Cc1cc(Br)cc(NCCCn2cccn2)c1. The van der Waals surface area contributed by atoms with Crippen LogP contribution in [-0.2, 0) is 6.54 Å². The number of hydrogen-bond acceptors (Lipinski definition) is 3. The lowest BCUT2D eigenvalue weighted by Gasteiger charge is -2.07. The lowest BCUT2D eigenvalue weighted by molar-refractivity contribution is 0.592. The summed E-state index contributed by atoms with van der Waals surface area (Å²) in [6.45, 7) is 1.74. The molecule has 0 aliphatic carbocycles. The van der Waals surface area contributed by atoms with Crippen LogP contribution in [0.2, 0.25) is 0 Å². The third-order valence-corrected chi connectivity index (χ3v) is 2.94. The van der Waals surface area contributed by atoms with Gasteiger partial charge < -0.3 is 5.32 Å². The number of nitriles is 1. The number of hydrogen-bond donors (Lipinski definition) is 1. The number of nitrogens with one attached hydrogen (secondary N) is 1. The zero-order valence-corrected chi connectivity index (χ0v) is 11.4. The van der Waals surface area contributed by atoms with E-state index in [1.165, 1.54) is 0 Å². The lowest BCUT2D eigenvalue weighted by Crippen LogP contribution is -2.07. The van der Waals surface area contributed by atoms with Crippen molar-refractivity contribution in [2.24, 2.45) is 0 Å². The van der Waals surface area contributed by atoms with Crippen molar-refractivity contribution < 1.29 is 0 Å². The van der Waals surface area contributed by atoms with Crippen molar-refractivity contribution in [2.45, 2.75) is 13.0 Å². The molecule has 4 nitrogen and oxygen atoms in total. The molecular weight excluding hydrogens is 292 g/mol. The summed E-state index contributed by atoms with van der Waals surface area (Å²) in [5, 5.41) is 16.3. The van der Waals surface area contributed by atoms with Gasteiger partial charge >= 0.3 is 0 Å². The first-order valence-corrected chi connectivity index (χ1v) is 6.49. The number of benzene rings is 1. The maximum atomic E-state index is 8.87. The summed E-state index contributed by atoms with van der Waals surface area (Å²) in [5.74, 6) is 0. The van der Waals surface area contributed by atoms with E-state index in [2.05, 4.69) is 32.4 Å². The molecule has 1 aromatic heterocycles. The van der Waals surface area contributed by atoms with Gasteiger partial charge in [-0.2, -0.15) is 10.4 Å². The molecular formula is C13H13BrN4. The van der Waals surface area contributed by atoms with Crippen LogP contribution in [-0.4, -0.2) is 16.3 Å². The first kappa shape index (κ1) is 12.7. The minimum Gasteiger partial charge on any atom is -0.385 e. The van der Waals surface area contributed by atoms with E-state index in [1.807, 2.05) is 29.1 Å². The van der Waals surface area contributed by atoms with Crippen LogP contribution in [0.1, 0.15) is 12.0 Å². The fourth-order valence-corrected chi connectivity index (χ4v) is 2.16. The molecule has 1 aromatic carbocycles. The molecule has 0 fully saturated rings. The Bertz CT molecular complexity index is 543. The average molecular weight is 305 g/mol. The Morgan fingerprint density at radius 2 is 2.28 bits per heavy atom. The van der Waals surface area contributed by atoms with E-state index in [1.54, 1.807) is 12.3 Å². The van der Waals surface area contributed by atoms with Crippen LogP contribution in [0.25, 0.3) is 0 Å². The lowest BCUT2D eigenvalue weighted by atomic mass is 10.2. The Morgan fingerprint density at radius 1 is 1.39 bits per heavy atom. The van der Waals surface area contributed by atoms with Crippen LogP contribution in [0.3, 0.4) is 0 Å². The average Bonchev–Trinajstić information content (AvgIpc) is 2.87. The van der Waals surface area contributed by atoms with Crippen LogP contribution in [0.15, 0.2) is 41.1 Å². The molecule has 2 rings (SSSR count). The molecule has 92 valence electrons. The van der Waals surface area contributed by atoms with Gasteiger partial charge in [-0.25, -0.2) is 0 Å². The first-order chi connectivity index (χ1) is 8.78. The van der Waals surface area contributed by atoms with Gasteiger partial charge in [0, 0.05) is 35.6 Å². The summed E-state index contributed by atoms with van der Waals surface area (Å²) in [6.07, 6.45) is 4.71. The quantitative estimate of drug-likeness (QED) is 0.864. The molecule has 18 heavy (non-hydrogen) atoms. The normalized spacial score (nSPS) is 10.0. The summed E-state index contributed by atoms with van der Waals surface area (Å²) in [6, 6.07) is 9.67. The highest BCUT2D eigenvalue weighted by Gasteiger charge is 1.98. The van der Waals surface area contributed by atoms with E-state index in [0.717, 1.165) is 29.7 Å². The Balaban J connectivity index is 1.83. The topological polar surface area (TPSA) is 53.6 Å². The summed E-state index contributed by atoms with van der Waals surface area (Å²) in [4.78, 5) is 0. The standard InChI is InChI=1S/C13H13BrN4/c14-12-7-11(10-15)8-13(9-12)16-3-1-5-18-6-2-4-17-18/h2,4,6-9,16H,1,3,5H2. The van der Waals surface area contributed by atoms with E-state index in [4.69, 9.17) is 5.26 Å². The highest BCUT2D eigenvalue weighted by molar-refractivity contribution is 9.10. The van der Waals surface area contributed by atoms with Crippen LogP contribution < -0.4 is 5.32 Å².